The highest BCUT2D eigenvalue weighted by Crippen LogP contribution is 2.27. The van der Waals surface area contributed by atoms with Crippen molar-refractivity contribution in [2.75, 3.05) is 6.54 Å². The van der Waals surface area contributed by atoms with Crippen molar-refractivity contribution in [3.8, 4) is 0 Å². The van der Waals surface area contributed by atoms with E-state index in [2.05, 4.69) is 5.32 Å². The van der Waals surface area contributed by atoms with Gasteiger partial charge in [-0.05, 0) is 24.8 Å². The average Bonchev–Trinajstić information content (AvgIpc) is 3.29. The van der Waals surface area contributed by atoms with Crippen molar-refractivity contribution in [2.24, 2.45) is 0 Å². The third-order valence-corrected chi connectivity index (χ3v) is 3.59. The number of carboxylic acid groups (broad SMARTS) is 1. The molecule has 0 aliphatic heterocycles. The van der Waals surface area contributed by atoms with Crippen molar-refractivity contribution in [1.82, 2.24) is 10.2 Å². The molecule has 2 N–H and O–H groups in total. The first-order chi connectivity index (χ1) is 10.1. The first kappa shape index (κ1) is 15.4. The minimum absolute atomic E-state index is 0.261. The summed E-state index contributed by atoms with van der Waals surface area (Å²) >= 11 is 0. The van der Waals surface area contributed by atoms with Crippen LogP contribution in [-0.2, 0) is 11.2 Å². The number of rotatable bonds is 7. The van der Waals surface area contributed by atoms with Gasteiger partial charge < -0.3 is 15.3 Å². The third-order valence-electron chi connectivity index (χ3n) is 3.59. The molecule has 1 saturated carbocycles. The third kappa shape index (κ3) is 4.48. The zero-order chi connectivity index (χ0) is 15.2. The van der Waals surface area contributed by atoms with Gasteiger partial charge in [0.1, 0.15) is 6.04 Å². The Morgan fingerprint density at radius 1 is 1.33 bits per heavy atom. The molecule has 1 unspecified atom stereocenters. The highest BCUT2D eigenvalue weighted by atomic mass is 16.4. The van der Waals surface area contributed by atoms with Gasteiger partial charge in [0.15, 0.2) is 0 Å². The molecule has 0 saturated heterocycles. The SMILES string of the molecule is CCCN(C(=O)NC(Cc1ccccc1)C(=O)O)C1CC1. The predicted octanol–water partition coefficient (Wildman–Crippen LogP) is 2.27. The molecule has 0 spiro atoms. The second kappa shape index (κ2) is 7.11. The summed E-state index contributed by atoms with van der Waals surface area (Å²) in [5.41, 5.74) is 0.902. The van der Waals surface area contributed by atoms with Gasteiger partial charge in [0.05, 0.1) is 0 Å². The van der Waals surface area contributed by atoms with Gasteiger partial charge in [0.25, 0.3) is 0 Å². The van der Waals surface area contributed by atoms with Gasteiger partial charge >= 0.3 is 12.0 Å². The van der Waals surface area contributed by atoms with Crippen LogP contribution in [0.5, 0.6) is 0 Å². The number of carboxylic acids is 1. The molecule has 2 rings (SSSR count). The zero-order valence-electron chi connectivity index (χ0n) is 12.3. The fraction of sp³-hybridized carbons (Fsp3) is 0.500. The molecule has 21 heavy (non-hydrogen) atoms. The molecule has 1 aromatic carbocycles. The van der Waals surface area contributed by atoms with E-state index in [1.165, 1.54) is 0 Å². The number of hydrogen-bond donors (Lipinski definition) is 2. The fourth-order valence-electron chi connectivity index (χ4n) is 2.36. The smallest absolute Gasteiger partial charge is 0.326 e. The van der Waals surface area contributed by atoms with Crippen molar-refractivity contribution in [3.63, 3.8) is 0 Å². The summed E-state index contributed by atoms with van der Waals surface area (Å²) in [6, 6.07) is 8.48. The van der Waals surface area contributed by atoms with E-state index >= 15 is 0 Å². The average molecular weight is 290 g/mol. The van der Waals surface area contributed by atoms with Crippen LogP contribution in [0.1, 0.15) is 31.7 Å². The molecule has 1 aliphatic rings. The molecule has 2 amide bonds. The van der Waals surface area contributed by atoms with E-state index in [1.54, 1.807) is 4.90 Å². The Hall–Kier alpha value is -2.04. The summed E-state index contributed by atoms with van der Waals surface area (Å²) in [5, 5.41) is 12.0. The lowest BCUT2D eigenvalue weighted by molar-refractivity contribution is -0.139. The van der Waals surface area contributed by atoms with Gasteiger partial charge in [-0.3, -0.25) is 0 Å². The lowest BCUT2D eigenvalue weighted by Crippen LogP contribution is -2.49. The van der Waals surface area contributed by atoms with Gasteiger partial charge in [-0.2, -0.15) is 0 Å². The Morgan fingerprint density at radius 2 is 2.00 bits per heavy atom. The van der Waals surface area contributed by atoms with Crippen LogP contribution in [0.2, 0.25) is 0 Å². The topological polar surface area (TPSA) is 69.6 Å². The van der Waals surface area contributed by atoms with Crippen LogP contribution in [-0.4, -0.2) is 40.6 Å². The fourth-order valence-corrected chi connectivity index (χ4v) is 2.36. The van der Waals surface area contributed by atoms with Crippen LogP contribution in [0.3, 0.4) is 0 Å². The first-order valence-corrected chi connectivity index (χ1v) is 7.45. The molecule has 5 nitrogen and oxygen atoms in total. The Labute approximate surface area is 125 Å². The number of amides is 2. The lowest BCUT2D eigenvalue weighted by Gasteiger charge is -2.24. The van der Waals surface area contributed by atoms with E-state index in [-0.39, 0.29) is 12.1 Å². The van der Waals surface area contributed by atoms with E-state index in [9.17, 15) is 14.7 Å². The molecule has 0 aromatic heterocycles. The summed E-state index contributed by atoms with van der Waals surface area (Å²) in [4.78, 5) is 25.4. The van der Waals surface area contributed by atoms with Crippen molar-refractivity contribution in [2.45, 2.75) is 44.7 Å². The molecule has 5 heteroatoms. The Bertz CT molecular complexity index is 486. The van der Waals surface area contributed by atoms with Crippen LogP contribution >= 0.6 is 0 Å². The van der Waals surface area contributed by atoms with Gasteiger partial charge in [0.2, 0.25) is 0 Å². The maximum absolute atomic E-state index is 12.3. The number of urea groups is 1. The number of nitrogens with zero attached hydrogens (tertiary/aromatic N) is 1. The van der Waals surface area contributed by atoms with E-state index in [1.807, 2.05) is 37.3 Å². The molecule has 0 radical (unpaired) electrons. The van der Waals surface area contributed by atoms with Crippen LogP contribution in [0.25, 0.3) is 0 Å². The quantitative estimate of drug-likeness (QED) is 0.809. The van der Waals surface area contributed by atoms with E-state index < -0.39 is 12.0 Å². The number of carbonyl (C=O) groups is 2. The molecule has 0 heterocycles. The van der Waals surface area contributed by atoms with E-state index in [0.717, 1.165) is 24.8 Å². The largest absolute Gasteiger partial charge is 0.480 e. The summed E-state index contributed by atoms with van der Waals surface area (Å²) in [6.45, 7) is 2.69. The number of carbonyl (C=O) groups excluding carboxylic acids is 1. The van der Waals surface area contributed by atoms with Crippen LogP contribution in [0.15, 0.2) is 30.3 Å². The van der Waals surface area contributed by atoms with Crippen molar-refractivity contribution < 1.29 is 14.7 Å². The van der Waals surface area contributed by atoms with Gasteiger partial charge in [-0.15, -0.1) is 0 Å². The Kier molecular flexibility index (Phi) is 5.20. The van der Waals surface area contributed by atoms with E-state index in [0.29, 0.717) is 13.0 Å². The number of nitrogens with one attached hydrogen (secondary N) is 1. The van der Waals surface area contributed by atoms with Gasteiger partial charge in [0, 0.05) is 19.0 Å². The summed E-state index contributed by atoms with van der Waals surface area (Å²) in [5.74, 6) is -1.00. The Balaban J connectivity index is 1.98. The molecule has 0 bridgehead atoms. The number of aliphatic carboxylic acids is 1. The number of benzene rings is 1. The van der Waals surface area contributed by atoms with Crippen molar-refractivity contribution in [1.29, 1.82) is 0 Å². The monoisotopic (exact) mass is 290 g/mol. The molecule has 1 fully saturated rings. The summed E-state index contributed by atoms with van der Waals surface area (Å²) in [6.07, 6.45) is 3.21. The van der Waals surface area contributed by atoms with Crippen molar-refractivity contribution >= 4 is 12.0 Å². The first-order valence-electron chi connectivity index (χ1n) is 7.45. The molecule has 1 aliphatic carbocycles. The van der Waals surface area contributed by atoms with Crippen LogP contribution < -0.4 is 5.32 Å². The number of hydrogen-bond acceptors (Lipinski definition) is 2. The molecule has 1 aromatic rings. The van der Waals surface area contributed by atoms with Crippen LogP contribution in [0, 0.1) is 0 Å². The minimum atomic E-state index is -1.00. The molecule has 114 valence electrons. The Morgan fingerprint density at radius 3 is 2.52 bits per heavy atom. The summed E-state index contributed by atoms with van der Waals surface area (Å²) in [7, 11) is 0. The van der Waals surface area contributed by atoms with Gasteiger partial charge in [-0.25, -0.2) is 9.59 Å². The molecular formula is C16H22N2O3. The maximum atomic E-state index is 12.3. The minimum Gasteiger partial charge on any atom is -0.480 e. The molecular weight excluding hydrogens is 268 g/mol. The zero-order valence-corrected chi connectivity index (χ0v) is 12.3. The highest BCUT2D eigenvalue weighted by Gasteiger charge is 2.33. The highest BCUT2D eigenvalue weighted by molar-refractivity contribution is 5.83. The van der Waals surface area contributed by atoms with Gasteiger partial charge in [-0.1, -0.05) is 37.3 Å². The lowest BCUT2D eigenvalue weighted by atomic mass is 10.1. The summed E-state index contributed by atoms with van der Waals surface area (Å²) < 4.78 is 0. The van der Waals surface area contributed by atoms with Crippen molar-refractivity contribution in [3.05, 3.63) is 35.9 Å². The second-order valence-electron chi connectivity index (χ2n) is 5.45. The predicted molar refractivity (Wildman–Crippen MR) is 80.1 cm³/mol. The standard InChI is InChI=1S/C16H22N2O3/c1-2-10-18(13-8-9-13)16(21)17-14(15(19)20)11-12-6-4-3-5-7-12/h3-7,13-14H,2,8-11H2,1H3,(H,17,21)(H,19,20). The van der Waals surface area contributed by atoms with E-state index in [4.69, 9.17) is 0 Å². The molecule has 1 atom stereocenters. The normalized spacial score (nSPS) is 15.3. The van der Waals surface area contributed by atoms with Crippen LogP contribution in [0.4, 0.5) is 4.79 Å². The maximum Gasteiger partial charge on any atom is 0.326 e. The second-order valence-corrected chi connectivity index (χ2v) is 5.45.